The Bertz CT molecular complexity index is 876. The smallest absolute Gasteiger partial charge is 0.255 e. The number of nitrogens with zero attached hydrogens (tertiary/aromatic N) is 4. The van der Waals surface area contributed by atoms with Crippen LogP contribution in [0.15, 0.2) is 42.5 Å². The van der Waals surface area contributed by atoms with E-state index in [2.05, 4.69) is 20.8 Å². The van der Waals surface area contributed by atoms with Crippen molar-refractivity contribution in [2.45, 2.75) is 6.92 Å². The normalized spacial score (nSPS) is 10.5. The molecule has 0 aliphatic rings. The third kappa shape index (κ3) is 3.07. The van der Waals surface area contributed by atoms with Crippen LogP contribution in [0.4, 0.5) is 10.1 Å². The number of methoxy groups -OCH3 is 1. The first-order valence-corrected chi connectivity index (χ1v) is 7.09. The van der Waals surface area contributed by atoms with Crippen LogP contribution in [-0.4, -0.2) is 33.2 Å². The first kappa shape index (κ1) is 15.6. The van der Waals surface area contributed by atoms with E-state index < -0.39 is 5.82 Å². The van der Waals surface area contributed by atoms with E-state index in [0.29, 0.717) is 28.5 Å². The third-order valence-electron chi connectivity index (χ3n) is 3.40. The van der Waals surface area contributed by atoms with Crippen molar-refractivity contribution in [2.75, 3.05) is 12.4 Å². The summed E-state index contributed by atoms with van der Waals surface area (Å²) in [5, 5.41) is 14.1. The van der Waals surface area contributed by atoms with Crippen LogP contribution in [0.1, 0.15) is 16.2 Å². The number of hydrogen-bond donors (Lipinski definition) is 1. The van der Waals surface area contributed by atoms with Gasteiger partial charge in [0.05, 0.1) is 7.11 Å². The van der Waals surface area contributed by atoms with Crippen LogP contribution >= 0.6 is 0 Å². The molecule has 122 valence electrons. The van der Waals surface area contributed by atoms with Crippen molar-refractivity contribution in [3.05, 3.63) is 59.7 Å². The Hall–Kier alpha value is -3.29. The van der Waals surface area contributed by atoms with Crippen molar-refractivity contribution in [3.63, 3.8) is 0 Å². The molecule has 3 aromatic rings. The molecule has 3 rings (SSSR count). The van der Waals surface area contributed by atoms with Crippen LogP contribution in [0.3, 0.4) is 0 Å². The molecule has 0 atom stereocenters. The Morgan fingerprint density at radius 1 is 1.21 bits per heavy atom. The zero-order chi connectivity index (χ0) is 17.1. The fourth-order valence-corrected chi connectivity index (χ4v) is 2.19. The van der Waals surface area contributed by atoms with Gasteiger partial charge in [-0.2, -0.15) is 4.68 Å². The first-order valence-electron chi connectivity index (χ1n) is 7.09. The van der Waals surface area contributed by atoms with Gasteiger partial charge in [0, 0.05) is 11.3 Å². The van der Waals surface area contributed by atoms with Gasteiger partial charge in [-0.15, -0.1) is 5.10 Å². The number of hydrogen-bond acceptors (Lipinski definition) is 5. The maximum absolute atomic E-state index is 12.9. The summed E-state index contributed by atoms with van der Waals surface area (Å²) in [6, 6.07) is 10.4. The lowest BCUT2D eigenvalue weighted by molar-refractivity contribution is 0.102. The summed E-state index contributed by atoms with van der Waals surface area (Å²) in [5.41, 5.74) is 1.49. The van der Waals surface area contributed by atoms with Gasteiger partial charge in [0.25, 0.3) is 5.91 Å². The minimum atomic E-state index is -0.396. The van der Waals surface area contributed by atoms with Gasteiger partial charge >= 0.3 is 0 Å². The van der Waals surface area contributed by atoms with E-state index in [1.165, 1.54) is 36.1 Å². The molecule has 0 fully saturated rings. The number of amides is 1. The van der Waals surface area contributed by atoms with Gasteiger partial charge in [-0.05, 0) is 59.8 Å². The van der Waals surface area contributed by atoms with Gasteiger partial charge in [-0.3, -0.25) is 4.79 Å². The number of benzene rings is 2. The van der Waals surface area contributed by atoms with Crippen LogP contribution in [0.2, 0.25) is 0 Å². The second-order valence-corrected chi connectivity index (χ2v) is 4.99. The first-order chi connectivity index (χ1) is 11.6. The Labute approximate surface area is 137 Å². The Morgan fingerprint density at radius 3 is 2.58 bits per heavy atom. The standard InChI is InChI=1S/C16H14FN5O2/c1-10-19-20-21-22(10)14-9-13(7-8-15(14)24-2)18-16(23)11-3-5-12(17)6-4-11/h3-9H,1-2H3,(H,18,23). The number of ether oxygens (including phenoxy) is 1. The molecule has 0 saturated heterocycles. The zero-order valence-electron chi connectivity index (χ0n) is 13.0. The highest BCUT2D eigenvalue weighted by Gasteiger charge is 2.13. The molecule has 0 aliphatic carbocycles. The number of aryl methyl sites for hydroxylation is 1. The summed E-state index contributed by atoms with van der Waals surface area (Å²) in [6.45, 7) is 1.75. The highest BCUT2D eigenvalue weighted by molar-refractivity contribution is 6.04. The van der Waals surface area contributed by atoms with E-state index in [0.717, 1.165) is 0 Å². The lowest BCUT2D eigenvalue weighted by Gasteiger charge is -2.12. The summed E-state index contributed by atoms with van der Waals surface area (Å²) >= 11 is 0. The SMILES string of the molecule is COc1ccc(NC(=O)c2ccc(F)cc2)cc1-n1nnnc1C. The Morgan fingerprint density at radius 2 is 1.96 bits per heavy atom. The average Bonchev–Trinajstić information content (AvgIpc) is 3.01. The van der Waals surface area contributed by atoms with E-state index in [4.69, 9.17) is 4.74 Å². The number of rotatable bonds is 4. The predicted molar refractivity (Wildman–Crippen MR) is 84.8 cm³/mol. The fourth-order valence-electron chi connectivity index (χ4n) is 2.19. The molecule has 0 aliphatic heterocycles. The van der Waals surface area contributed by atoms with Crippen molar-refractivity contribution in [2.24, 2.45) is 0 Å². The van der Waals surface area contributed by atoms with Gasteiger partial charge in [-0.25, -0.2) is 4.39 Å². The van der Waals surface area contributed by atoms with E-state index >= 15 is 0 Å². The zero-order valence-corrected chi connectivity index (χ0v) is 13.0. The molecule has 1 heterocycles. The van der Waals surface area contributed by atoms with E-state index in [1.54, 1.807) is 25.1 Å². The van der Waals surface area contributed by atoms with Gasteiger partial charge in [-0.1, -0.05) is 0 Å². The molecule has 8 heteroatoms. The minimum absolute atomic E-state index is 0.348. The summed E-state index contributed by atoms with van der Waals surface area (Å²) in [5.74, 6) is 0.396. The average molecular weight is 327 g/mol. The minimum Gasteiger partial charge on any atom is -0.494 e. The maximum atomic E-state index is 12.9. The van der Waals surface area contributed by atoms with Gasteiger partial charge in [0.2, 0.25) is 0 Å². The van der Waals surface area contributed by atoms with Crippen LogP contribution in [-0.2, 0) is 0 Å². The Kier molecular flexibility index (Phi) is 4.19. The topological polar surface area (TPSA) is 81.9 Å². The molecule has 0 radical (unpaired) electrons. The van der Waals surface area contributed by atoms with E-state index in [1.807, 2.05) is 0 Å². The number of halogens is 1. The molecular weight excluding hydrogens is 313 g/mol. The number of aromatic nitrogens is 4. The molecule has 0 spiro atoms. The maximum Gasteiger partial charge on any atom is 0.255 e. The van der Waals surface area contributed by atoms with Crippen molar-refractivity contribution in [1.29, 1.82) is 0 Å². The van der Waals surface area contributed by atoms with Crippen molar-refractivity contribution in [1.82, 2.24) is 20.2 Å². The van der Waals surface area contributed by atoms with Crippen molar-refractivity contribution in [3.8, 4) is 11.4 Å². The van der Waals surface area contributed by atoms with Gasteiger partial charge < -0.3 is 10.1 Å². The molecule has 0 unspecified atom stereocenters. The largest absolute Gasteiger partial charge is 0.494 e. The van der Waals surface area contributed by atoms with Crippen molar-refractivity contribution < 1.29 is 13.9 Å². The van der Waals surface area contributed by atoms with Gasteiger partial charge in [0.1, 0.15) is 17.3 Å². The molecule has 1 aromatic heterocycles. The predicted octanol–water partition coefficient (Wildman–Crippen LogP) is 2.37. The summed E-state index contributed by atoms with van der Waals surface area (Å²) in [6.07, 6.45) is 0. The highest BCUT2D eigenvalue weighted by Crippen LogP contribution is 2.26. The second kappa shape index (κ2) is 6.45. The Balaban J connectivity index is 1.90. The number of tetrazole rings is 1. The highest BCUT2D eigenvalue weighted by atomic mass is 19.1. The summed E-state index contributed by atoms with van der Waals surface area (Å²) in [7, 11) is 1.54. The molecular formula is C16H14FN5O2. The molecule has 0 saturated carbocycles. The molecule has 0 bridgehead atoms. The quantitative estimate of drug-likeness (QED) is 0.795. The number of carbonyl (C=O) groups excluding carboxylic acids is 1. The molecule has 1 amide bonds. The lowest BCUT2D eigenvalue weighted by Crippen LogP contribution is -2.12. The van der Waals surface area contributed by atoms with Gasteiger partial charge in [0.15, 0.2) is 5.82 Å². The van der Waals surface area contributed by atoms with Crippen LogP contribution in [0.25, 0.3) is 5.69 Å². The third-order valence-corrected chi connectivity index (χ3v) is 3.40. The summed E-state index contributed by atoms with van der Waals surface area (Å²) < 4.78 is 19.8. The van der Waals surface area contributed by atoms with E-state index in [9.17, 15) is 9.18 Å². The molecule has 1 N–H and O–H groups in total. The number of nitrogens with one attached hydrogen (secondary N) is 1. The fraction of sp³-hybridized carbons (Fsp3) is 0.125. The van der Waals surface area contributed by atoms with Crippen molar-refractivity contribution >= 4 is 11.6 Å². The summed E-state index contributed by atoms with van der Waals surface area (Å²) in [4.78, 5) is 12.2. The second-order valence-electron chi connectivity index (χ2n) is 4.99. The molecule has 24 heavy (non-hydrogen) atoms. The lowest BCUT2D eigenvalue weighted by atomic mass is 10.2. The van der Waals surface area contributed by atoms with Crippen LogP contribution in [0, 0.1) is 12.7 Å². The van der Waals surface area contributed by atoms with Crippen LogP contribution < -0.4 is 10.1 Å². The molecule has 2 aromatic carbocycles. The monoisotopic (exact) mass is 327 g/mol. The van der Waals surface area contributed by atoms with E-state index in [-0.39, 0.29) is 5.91 Å². The molecule has 7 nitrogen and oxygen atoms in total. The number of carbonyl (C=O) groups is 1. The van der Waals surface area contributed by atoms with Crippen LogP contribution in [0.5, 0.6) is 5.75 Å². The number of anilines is 1.